The minimum atomic E-state index is 0.0825. The first-order chi connectivity index (χ1) is 14.0. The molecule has 0 radical (unpaired) electrons. The summed E-state index contributed by atoms with van der Waals surface area (Å²) in [6.07, 6.45) is 0. The minimum Gasteiger partial charge on any atom is -0.376 e. The van der Waals surface area contributed by atoms with Gasteiger partial charge in [-0.15, -0.1) is 0 Å². The van der Waals surface area contributed by atoms with Crippen LogP contribution in [0.5, 0.6) is 0 Å². The maximum absolute atomic E-state index is 2.46. The number of rotatable bonds is 2. The summed E-state index contributed by atoms with van der Waals surface area (Å²) >= 11 is 0. The molecule has 3 aromatic carbocycles. The van der Waals surface area contributed by atoms with Gasteiger partial charge in [0.15, 0.2) is 0 Å². The van der Waals surface area contributed by atoms with Crippen LogP contribution in [0.2, 0.25) is 0 Å². The molecule has 0 atom stereocenters. The second kappa shape index (κ2) is 6.91. The summed E-state index contributed by atoms with van der Waals surface area (Å²) in [5.74, 6) is 0. The van der Waals surface area contributed by atoms with Crippen molar-refractivity contribution >= 4 is 27.5 Å². The normalized spacial score (nSPS) is 12.7. The molecule has 2 nitrogen and oxygen atoms in total. The van der Waals surface area contributed by atoms with E-state index in [4.69, 9.17) is 0 Å². The largest absolute Gasteiger partial charge is 0.376 e. The quantitative estimate of drug-likeness (QED) is 0.340. The van der Waals surface area contributed by atoms with Crippen LogP contribution in [0, 0.1) is 0 Å². The van der Waals surface area contributed by atoms with Crippen LogP contribution in [0.3, 0.4) is 0 Å². The van der Waals surface area contributed by atoms with Gasteiger partial charge in [-0.25, -0.2) is 0 Å². The van der Waals surface area contributed by atoms with Crippen LogP contribution in [0.25, 0.3) is 27.5 Å². The SMILES string of the molecule is CN(C)c1cccc2c3ccccc3n(-c3cc(C(C)(C)C)cc(C(C)(C)C)c3)c12. The van der Waals surface area contributed by atoms with Gasteiger partial charge < -0.3 is 9.47 Å². The zero-order valence-electron chi connectivity index (χ0n) is 19.7. The molecule has 0 spiro atoms. The van der Waals surface area contributed by atoms with Crippen molar-refractivity contribution in [3.8, 4) is 5.69 Å². The van der Waals surface area contributed by atoms with Crippen LogP contribution in [0.4, 0.5) is 5.69 Å². The molecule has 4 rings (SSSR count). The van der Waals surface area contributed by atoms with E-state index >= 15 is 0 Å². The van der Waals surface area contributed by atoms with Crippen molar-refractivity contribution < 1.29 is 0 Å². The maximum atomic E-state index is 2.46. The highest BCUT2D eigenvalue weighted by molar-refractivity contribution is 6.13. The molecule has 0 aliphatic heterocycles. The third-order valence-corrected chi connectivity index (χ3v) is 6.06. The van der Waals surface area contributed by atoms with Gasteiger partial charge in [-0.05, 0) is 46.2 Å². The van der Waals surface area contributed by atoms with Gasteiger partial charge in [0.2, 0.25) is 0 Å². The van der Waals surface area contributed by atoms with Gasteiger partial charge in [0.05, 0.1) is 16.7 Å². The van der Waals surface area contributed by atoms with Gasteiger partial charge in [-0.3, -0.25) is 0 Å². The molecule has 0 saturated carbocycles. The first-order valence-corrected chi connectivity index (χ1v) is 10.8. The second-order valence-corrected chi connectivity index (χ2v) is 10.7. The molecule has 0 aliphatic carbocycles. The average Bonchev–Trinajstić information content (AvgIpc) is 3.00. The second-order valence-electron chi connectivity index (χ2n) is 10.7. The van der Waals surface area contributed by atoms with Crippen molar-refractivity contribution in [2.45, 2.75) is 52.4 Å². The van der Waals surface area contributed by atoms with E-state index in [2.05, 4.69) is 126 Å². The maximum Gasteiger partial charge on any atom is 0.0775 e. The summed E-state index contributed by atoms with van der Waals surface area (Å²) in [6, 6.07) is 22.6. The third-order valence-electron chi connectivity index (χ3n) is 6.06. The lowest BCUT2D eigenvalue weighted by Gasteiger charge is -2.27. The number of aromatic nitrogens is 1. The molecule has 0 unspecified atom stereocenters. The molecule has 0 amide bonds. The van der Waals surface area contributed by atoms with Gasteiger partial charge in [0.1, 0.15) is 0 Å². The lowest BCUT2D eigenvalue weighted by molar-refractivity contribution is 0.568. The number of anilines is 1. The highest BCUT2D eigenvalue weighted by Crippen LogP contribution is 2.39. The predicted molar refractivity (Wildman–Crippen MR) is 133 cm³/mol. The van der Waals surface area contributed by atoms with E-state index in [1.54, 1.807) is 0 Å². The van der Waals surface area contributed by atoms with Crippen LogP contribution in [0.15, 0.2) is 60.7 Å². The number of benzene rings is 3. The Hall–Kier alpha value is -2.74. The molecule has 2 heteroatoms. The molecule has 30 heavy (non-hydrogen) atoms. The monoisotopic (exact) mass is 398 g/mol. The highest BCUT2D eigenvalue weighted by atomic mass is 15.1. The van der Waals surface area contributed by atoms with Crippen molar-refractivity contribution in [1.82, 2.24) is 4.57 Å². The van der Waals surface area contributed by atoms with Crippen LogP contribution < -0.4 is 4.90 Å². The average molecular weight is 399 g/mol. The van der Waals surface area contributed by atoms with Crippen molar-refractivity contribution in [3.63, 3.8) is 0 Å². The zero-order chi connectivity index (χ0) is 21.8. The van der Waals surface area contributed by atoms with Crippen LogP contribution >= 0.6 is 0 Å². The Morgan fingerprint density at radius 1 is 0.667 bits per heavy atom. The Kier molecular flexibility index (Phi) is 4.73. The molecule has 156 valence electrons. The van der Waals surface area contributed by atoms with E-state index in [1.165, 1.54) is 44.3 Å². The fourth-order valence-electron chi connectivity index (χ4n) is 4.24. The fraction of sp³-hybridized carbons (Fsp3) is 0.357. The van der Waals surface area contributed by atoms with Crippen molar-refractivity contribution in [2.75, 3.05) is 19.0 Å². The van der Waals surface area contributed by atoms with Gasteiger partial charge in [-0.1, -0.05) is 77.9 Å². The van der Waals surface area contributed by atoms with Crippen molar-refractivity contribution in [3.05, 3.63) is 71.8 Å². The molecule has 0 aliphatic rings. The van der Waals surface area contributed by atoms with E-state index in [0.29, 0.717) is 0 Å². The molecule has 4 aromatic rings. The predicted octanol–water partition coefficient (Wildman–Crippen LogP) is 7.44. The molecule has 0 bridgehead atoms. The number of hydrogen-bond donors (Lipinski definition) is 0. The zero-order valence-corrected chi connectivity index (χ0v) is 19.7. The summed E-state index contributed by atoms with van der Waals surface area (Å²) < 4.78 is 2.46. The van der Waals surface area contributed by atoms with Gasteiger partial charge in [0, 0.05) is 30.6 Å². The summed E-state index contributed by atoms with van der Waals surface area (Å²) in [6.45, 7) is 13.8. The van der Waals surface area contributed by atoms with E-state index in [9.17, 15) is 0 Å². The van der Waals surface area contributed by atoms with Crippen LogP contribution in [-0.4, -0.2) is 18.7 Å². The molecular formula is C28H34N2. The Morgan fingerprint density at radius 2 is 1.23 bits per heavy atom. The number of nitrogens with zero attached hydrogens (tertiary/aromatic N) is 2. The number of fused-ring (bicyclic) bond motifs is 3. The third kappa shape index (κ3) is 3.39. The minimum absolute atomic E-state index is 0.0825. The molecule has 0 N–H and O–H groups in total. The Bertz CT molecular complexity index is 1200. The molecular weight excluding hydrogens is 364 g/mol. The standard InChI is InChI=1S/C28H34N2/c1-27(2,3)19-16-20(28(4,5)6)18-21(17-19)30-24-14-10-9-12-22(24)23-13-11-15-25(26(23)30)29(7)8/h9-18H,1-8H3. The van der Waals surface area contributed by atoms with Crippen LogP contribution in [0.1, 0.15) is 52.7 Å². The smallest absolute Gasteiger partial charge is 0.0775 e. The Morgan fingerprint density at radius 3 is 1.80 bits per heavy atom. The molecule has 0 saturated heterocycles. The van der Waals surface area contributed by atoms with Crippen molar-refractivity contribution in [1.29, 1.82) is 0 Å². The molecule has 1 heterocycles. The van der Waals surface area contributed by atoms with E-state index in [1.807, 2.05) is 0 Å². The summed E-state index contributed by atoms with van der Waals surface area (Å²) in [5.41, 5.74) is 7.92. The van der Waals surface area contributed by atoms with E-state index in [-0.39, 0.29) is 10.8 Å². The first-order valence-electron chi connectivity index (χ1n) is 10.8. The van der Waals surface area contributed by atoms with Crippen LogP contribution in [-0.2, 0) is 10.8 Å². The number of para-hydroxylation sites is 2. The van der Waals surface area contributed by atoms with E-state index in [0.717, 1.165) is 0 Å². The lowest BCUT2D eigenvalue weighted by Crippen LogP contribution is -2.17. The lowest BCUT2D eigenvalue weighted by atomic mass is 9.80. The fourth-order valence-corrected chi connectivity index (χ4v) is 4.24. The molecule has 1 aromatic heterocycles. The van der Waals surface area contributed by atoms with Crippen molar-refractivity contribution in [2.24, 2.45) is 0 Å². The summed E-state index contributed by atoms with van der Waals surface area (Å²) in [4.78, 5) is 2.22. The van der Waals surface area contributed by atoms with Gasteiger partial charge in [0.25, 0.3) is 0 Å². The first kappa shape index (κ1) is 20.5. The topological polar surface area (TPSA) is 8.17 Å². The Labute approximate surface area is 181 Å². The van der Waals surface area contributed by atoms with Gasteiger partial charge in [-0.2, -0.15) is 0 Å². The summed E-state index contributed by atoms with van der Waals surface area (Å²) in [5, 5.41) is 2.60. The highest BCUT2D eigenvalue weighted by Gasteiger charge is 2.23. The number of hydrogen-bond acceptors (Lipinski definition) is 1. The molecule has 0 fully saturated rings. The Balaban J connectivity index is 2.18. The van der Waals surface area contributed by atoms with E-state index < -0.39 is 0 Å². The summed E-state index contributed by atoms with van der Waals surface area (Å²) in [7, 11) is 4.26. The van der Waals surface area contributed by atoms with Gasteiger partial charge >= 0.3 is 0 Å².